The number of allylic oxidation sites excluding steroid dienone is 13. The smallest absolute Gasteiger partial charge is 0.220 e. The first kappa shape index (κ1) is 87.3. The SMILES string of the molecule is CC/C=C\C/C=C\C/C=C\C/C=C\C/C=C\C/C=C\CCCCCCCCCCCCCCC(=O)NC(COC1OC(CO)C(OC2OC(CO)C(O)C(O)C2O)C(O)C1O)C(O)/C=C/CCCCCCCCCCCCCCCCCCCCCCCCCCCCC. The van der Waals surface area contributed by atoms with E-state index in [9.17, 15) is 45.6 Å². The van der Waals surface area contributed by atoms with E-state index < -0.39 is 86.8 Å². The van der Waals surface area contributed by atoms with Gasteiger partial charge >= 0.3 is 0 Å². The number of unbranched alkanes of at least 4 members (excludes halogenated alkanes) is 39. The molecule has 1 amide bonds. The van der Waals surface area contributed by atoms with Crippen LogP contribution in [0.2, 0.25) is 0 Å². The molecule has 0 aromatic rings. The van der Waals surface area contributed by atoms with Gasteiger partial charge in [-0.15, -0.1) is 0 Å². The number of amides is 1. The van der Waals surface area contributed by atoms with Crippen molar-refractivity contribution in [3.05, 3.63) is 85.1 Å². The molecule has 2 aliphatic rings. The predicted octanol–water partition coefficient (Wildman–Crippen LogP) is 17.1. The number of nitrogens with one attached hydrogen (secondary N) is 1. The fourth-order valence-electron chi connectivity index (χ4n) is 12.5. The van der Waals surface area contributed by atoms with E-state index in [4.69, 9.17) is 18.9 Å². The Morgan fingerprint density at radius 3 is 1.13 bits per heavy atom. The van der Waals surface area contributed by atoms with E-state index in [0.29, 0.717) is 6.42 Å². The first-order valence-electron chi connectivity index (χ1n) is 38.8. The van der Waals surface area contributed by atoms with Gasteiger partial charge in [0.1, 0.15) is 48.8 Å². The molecule has 0 aromatic heterocycles. The number of hydrogen-bond donors (Lipinski definition) is 9. The number of aliphatic hydroxyl groups is 8. The molecule has 12 unspecified atom stereocenters. The van der Waals surface area contributed by atoms with Gasteiger partial charge in [-0.3, -0.25) is 4.79 Å². The maximum atomic E-state index is 13.4. The number of aliphatic hydroxyl groups excluding tert-OH is 8. The van der Waals surface area contributed by atoms with Crippen LogP contribution in [0.3, 0.4) is 0 Å². The molecule has 2 rings (SSSR count). The topological polar surface area (TPSA) is 228 Å². The summed E-state index contributed by atoms with van der Waals surface area (Å²) in [5, 5.41) is 87.7. The summed E-state index contributed by atoms with van der Waals surface area (Å²) in [6, 6.07) is -0.922. The van der Waals surface area contributed by atoms with E-state index in [0.717, 1.165) is 83.5 Å². The highest BCUT2D eigenvalue weighted by atomic mass is 16.7. The first-order valence-corrected chi connectivity index (χ1v) is 38.8. The molecule has 0 bridgehead atoms. The summed E-state index contributed by atoms with van der Waals surface area (Å²) in [5.74, 6) is -0.240. The van der Waals surface area contributed by atoms with Gasteiger partial charge in [0.05, 0.1) is 32.0 Å². The van der Waals surface area contributed by atoms with Crippen LogP contribution in [0.4, 0.5) is 0 Å². The van der Waals surface area contributed by atoms with E-state index in [1.165, 1.54) is 212 Å². The van der Waals surface area contributed by atoms with Gasteiger partial charge in [0.2, 0.25) is 5.91 Å². The minimum atomic E-state index is -1.79. The second-order valence-corrected chi connectivity index (χ2v) is 27.1. The van der Waals surface area contributed by atoms with Gasteiger partial charge in [-0.05, 0) is 70.6 Å². The predicted molar refractivity (Wildman–Crippen MR) is 387 cm³/mol. The van der Waals surface area contributed by atoms with Gasteiger partial charge < -0.3 is 65.1 Å². The third-order valence-electron chi connectivity index (χ3n) is 18.6. The molecular formula is C80H143NO13. The van der Waals surface area contributed by atoms with Crippen LogP contribution in [0.15, 0.2) is 85.1 Å². The summed E-state index contributed by atoms with van der Waals surface area (Å²) in [5.41, 5.74) is 0. The maximum absolute atomic E-state index is 13.4. The van der Waals surface area contributed by atoms with Crippen LogP contribution in [-0.2, 0) is 23.7 Å². The second-order valence-electron chi connectivity index (χ2n) is 27.1. The van der Waals surface area contributed by atoms with Gasteiger partial charge in [-0.2, -0.15) is 0 Å². The molecule has 0 aliphatic carbocycles. The lowest BCUT2D eigenvalue weighted by atomic mass is 9.97. The molecule has 14 heteroatoms. The largest absolute Gasteiger partial charge is 0.394 e. The summed E-state index contributed by atoms with van der Waals surface area (Å²) in [6.07, 6.45) is 72.2. The molecule has 0 aromatic carbocycles. The van der Waals surface area contributed by atoms with Crippen molar-refractivity contribution >= 4 is 5.91 Å². The lowest BCUT2D eigenvalue weighted by molar-refractivity contribution is -0.359. The highest BCUT2D eigenvalue weighted by Gasteiger charge is 2.51. The van der Waals surface area contributed by atoms with Crippen LogP contribution in [0.25, 0.3) is 0 Å². The van der Waals surface area contributed by atoms with Gasteiger partial charge in [0.25, 0.3) is 0 Å². The highest BCUT2D eigenvalue weighted by molar-refractivity contribution is 5.76. The molecule has 0 spiro atoms. The van der Waals surface area contributed by atoms with Crippen molar-refractivity contribution in [1.82, 2.24) is 5.32 Å². The number of ether oxygens (including phenoxy) is 4. The molecule has 0 saturated carbocycles. The van der Waals surface area contributed by atoms with Crippen LogP contribution in [0, 0.1) is 0 Å². The van der Waals surface area contributed by atoms with Gasteiger partial charge in [0.15, 0.2) is 12.6 Å². The van der Waals surface area contributed by atoms with Crippen molar-refractivity contribution in [3.8, 4) is 0 Å². The Labute approximate surface area is 573 Å². The third kappa shape index (κ3) is 46.4. The lowest BCUT2D eigenvalue weighted by Crippen LogP contribution is -2.65. The van der Waals surface area contributed by atoms with Gasteiger partial charge in [-0.25, -0.2) is 0 Å². The fourth-order valence-corrected chi connectivity index (χ4v) is 12.5. The molecule has 12 atom stereocenters. The molecule has 94 heavy (non-hydrogen) atoms. The van der Waals surface area contributed by atoms with E-state index in [1.54, 1.807) is 6.08 Å². The Balaban J connectivity index is 1.65. The summed E-state index contributed by atoms with van der Waals surface area (Å²) < 4.78 is 22.9. The lowest BCUT2D eigenvalue weighted by Gasteiger charge is -2.46. The highest BCUT2D eigenvalue weighted by Crippen LogP contribution is 2.30. The number of carbonyl (C=O) groups excluding carboxylic acids is 1. The van der Waals surface area contributed by atoms with Gasteiger partial charge in [0, 0.05) is 6.42 Å². The quantitative estimate of drug-likeness (QED) is 0.0204. The van der Waals surface area contributed by atoms with Crippen LogP contribution < -0.4 is 5.32 Å². The van der Waals surface area contributed by atoms with Crippen molar-refractivity contribution in [1.29, 1.82) is 0 Å². The zero-order chi connectivity index (χ0) is 68.0. The van der Waals surface area contributed by atoms with Crippen molar-refractivity contribution in [2.45, 2.75) is 396 Å². The Morgan fingerprint density at radius 1 is 0.394 bits per heavy atom. The monoisotopic (exact) mass is 1330 g/mol. The minimum Gasteiger partial charge on any atom is -0.394 e. The molecule has 2 fully saturated rings. The number of rotatable bonds is 64. The molecule has 2 heterocycles. The van der Waals surface area contributed by atoms with Crippen LogP contribution in [0.1, 0.15) is 322 Å². The summed E-state index contributed by atoms with van der Waals surface area (Å²) in [4.78, 5) is 13.4. The minimum absolute atomic E-state index is 0.240. The van der Waals surface area contributed by atoms with Crippen molar-refractivity contribution < 1.29 is 64.6 Å². The van der Waals surface area contributed by atoms with Crippen molar-refractivity contribution in [2.24, 2.45) is 0 Å². The Kier molecular flexibility index (Phi) is 59.0. The van der Waals surface area contributed by atoms with E-state index in [1.807, 2.05) is 6.08 Å². The average molecular weight is 1330 g/mol. The Hall–Kier alpha value is -2.83. The normalized spacial score (nSPS) is 22.9. The number of carbonyl (C=O) groups is 1. The van der Waals surface area contributed by atoms with E-state index in [2.05, 4.69) is 92.1 Å². The van der Waals surface area contributed by atoms with Crippen LogP contribution >= 0.6 is 0 Å². The molecule has 2 aliphatic heterocycles. The summed E-state index contributed by atoms with van der Waals surface area (Å²) >= 11 is 0. The molecule has 9 N–H and O–H groups in total. The third-order valence-corrected chi connectivity index (χ3v) is 18.6. The zero-order valence-corrected chi connectivity index (χ0v) is 59.7. The average Bonchev–Trinajstić information content (AvgIpc) is 0.794. The van der Waals surface area contributed by atoms with E-state index in [-0.39, 0.29) is 18.9 Å². The molecule has 2 saturated heterocycles. The van der Waals surface area contributed by atoms with Crippen LogP contribution in [-0.4, -0.2) is 140 Å². The first-order chi connectivity index (χ1) is 46.1. The maximum Gasteiger partial charge on any atom is 0.220 e. The van der Waals surface area contributed by atoms with E-state index >= 15 is 0 Å². The second kappa shape index (κ2) is 63.6. The van der Waals surface area contributed by atoms with Crippen molar-refractivity contribution in [3.63, 3.8) is 0 Å². The molecule has 546 valence electrons. The van der Waals surface area contributed by atoms with Crippen LogP contribution in [0.5, 0.6) is 0 Å². The Morgan fingerprint density at radius 2 is 0.734 bits per heavy atom. The van der Waals surface area contributed by atoms with Gasteiger partial charge in [-0.1, -0.05) is 330 Å². The standard InChI is InChI=1S/C80H143NO13/c1-3-5-7-9-11-13-15-17-19-21-23-25-27-29-31-33-34-36-38-40-42-44-46-48-50-52-54-56-58-60-62-64-72(85)81-68(67-91-79-77(90)75(88)78(71(66-83)93-79)94-80-76(89)74(87)73(86)70(65-82)92-80)69(84)63-61-59-57-55-53-51-49-47-45-43-41-39-37-35-32-30-28-26-24-22-20-18-16-14-12-10-8-6-4-2/h5,7,11,13,17,19,23,25,29,31,34,36,61,63,68-71,73-80,82-84,86-90H,3-4,6,8-10,12,14-16,18,20-22,24,26-28,30,32-33,35,37-60,62,64-67H2,1-2H3,(H,81,85)/b7-5-,13-11-,19-17-,25-23-,31-29-,36-34-,63-61+. The molecule has 0 radical (unpaired) electrons. The number of hydrogen-bond acceptors (Lipinski definition) is 13. The zero-order valence-electron chi connectivity index (χ0n) is 59.7. The Bertz CT molecular complexity index is 1900. The summed E-state index contributed by atoms with van der Waals surface area (Å²) in [6.45, 7) is 2.73. The fraction of sp³-hybridized carbons (Fsp3) is 0.812. The molecular weight excluding hydrogens is 1180 g/mol. The summed E-state index contributed by atoms with van der Waals surface area (Å²) in [7, 11) is 0. The molecule has 14 nitrogen and oxygen atoms in total. The van der Waals surface area contributed by atoms with Crippen molar-refractivity contribution in [2.75, 3.05) is 19.8 Å².